The summed E-state index contributed by atoms with van der Waals surface area (Å²) in [5, 5.41) is 22.4. The lowest BCUT2D eigenvalue weighted by Gasteiger charge is -2.33. The van der Waals surface area contributed by atoms with Crippen LogP contribution in [-0.4, -0.2) is 47.9 Å². The second-order valence-electron chi connectivity index (χ2n) is 10.7. The van der Waals surface area contributed by atoms with Gasteiger partial charge in [0.25, 0.3) is 5.91 Å². The summed E-state index contributed by atoms with van der Waals surface area (Å²) in [5.74, 6) is -3.26. The van der Waals surface area contributed by atoms with E-state index in [1.807, 2.05) is 44.2 Å². The standard InChI is InChI=1S/C29H34F2N6O3/c1-19(2)37-24(10-13-32-37)28(39)35-27(21-8-11-29(30,31)12-9-21)23-16-36-26(34-23)14-22(15-33-36)25(38)18-40-17-20-6-4-3-5-7-20/h3-7,10,13-16,19,21,25,27,38H,8-9,11-12,17-18H2,1-2H3,(H,35,39)/t25?,27-/m0/s1. The number of rotatable bonds is 10. The molecular formula is C29H34F2N6O3. The van der Waals surface area contributed by atoms with Crippen LogP contribution >= 0.6 is 0 Å². The molecule has 4 aromatic rings. The van der Waals surface area contributed by atoms with Crippen LogP contribution in [0.5, 0.6) is 0 Å². The molecule has 212 valence electrons. The number of alkyl halides is 2. The van der Waals surface area contributed by atoms with Gasteiger partial charge >= 0.3 is 0 Å². The van der Waals surface area contributed by atoms with Gasteiger partial charge in [-0.3, -0.25) is 9.48 Å². The van der Waals surface area contributed by atoms with E-state index in [0.717, 1.165) is 5.56 Å². The van der Waals surface area contributed by atoms with Gasteiger partial charge in [0.1, 0.15) is 11.8 Å². The summed E-state index contributed by atoms with van der Waals surface area (Å²) in [7, 11) is 0. The van der Waals surface area contributed by atoms with Gasteiger partial charge in [0.2, 0.25) is 5.92 Å². The Labute approximate surface area is 231 Å². The summed E-state index contributed by atoms with van der Waals surface area (Å²) in [5.41, 5.74) is 2.94. The van der Waals surface area contributed by atoms with Crippen molar-refractivity contribution < 1.29 is 23.4 Å². The van der Waals surface area contributed by atoms with Crippen LogP contribution in [-0.2, 0) is 11.3 Å². The maximum Gasteiger partial charge on any atom is 0.270 e. The Morgan fingerprint density at radius 1 is 1.18 bits per heavy atom. The summed E-state index contributed by atoms with van der Waals surface area (Å²) in [6, 6.07) is 12.4. The zero-order valence-electron chi connectivity index (χ0n) is 22.6. The minimum atomic E-state index is -2.70. The number of nitrogens with zero attached hydrogens (tertiary/aromatic N) is 5. The van der Waals surface area contributed by atoms with Gasteiger partial charge in [0.05, 0.1) is 37.3 Å². The Bertz CT molecular complexity index is 1430. The smallest absolute Gasteiger partial charge is 0.270 e. The van der Waals surface area contributed by atoms with E-state index in [0.29, 0.717) is 29.2 Å². The van der Waals surface area contributed by atoms with Gasteiger partial charge in [-0.05, 0) is 50.3 Å². The van der Waals surface area contributed by atoms with Gasteiger partial charge in [-0.15, -0.1) is 0 Å². The second kappa shape index (κ2) is 11.8. The van der Waals surface area contributed by atoms with Crippen LogP contribution in [0.15, 0.2) is 61.1 Å². The van der Waals surface area contributed by atoms with Crippen molar-refractivity contribution in [1.29, 1.82) is 0 Å². The second-order valence-corrected chi connectivity index (χ2v) is 10.7. The third-order valence-electron chi connectivity index (χ3n) is 7.36. The Kier molecular flexibility index (Phi) is 8.22. The van der Waals surface area contributed by atoms with Crippen molar-refractivity contribution in [2.75, 3.05) is 6.61 Å². The highest BCUT2D eigenvalue weighted by Gasteiger charge is 2.39. The molecule has 3 aromatic heterocycles. The third-order valence-corrected chi connectivity index (χ3v) is 7.36. The summed E-state index contributed by atoms with van der Waals surface area (Å²) < 4.78 is 36.8. The van der Waals surface area contributed by atoms with Crippen molar-refractivity contribution in [3.8, 4) is 0 Å². The van der Waals surface area contributed by atoms with Crippen LogP contribution in [0.2, 0.25) is 0 Å². The Hall–Kier alpha value is -3.70. The van der Waals surface area contributed by atoms with Crippen molar-refractivity contribution in [3.05, 3.63) is 83.6 Å². The first-order chi connectivity index (χ1) is 19.2. The Morgan fingerprint density at radius 2 is 1.93 bits per heavy atom. The fourth-order valence-electron chi connectivity index (χ4n) is 5.15. The molecule has 0 saturated heterocycles. The summed E-state index contributed by atoms with van der Waals surface area (Å²) in [4.78, 5) is 18.0. The monoisotopic (exact) mass is 552 g/mol. The van der Waals surface area contributed by atoms with E-state index < -0.39 is 18.1 Å². The number of benzene rings is 1. The predicted octanol–water partition coefficient (Wildman–Crippen LogP) is 5.05. The number of ether oxygens (including phenoxy) is 1. The fraction of sp³-hybridized carbons (Fsp3) is 0.448. The van der Waals surface area contributed by atoms with Crippen molar-refractivity contribution in [1.82, 2.24) is 29.7 Å². The van der Waals surface area contributed by atoms with E-state index in [4.69, 9.17) is 9.72 Å². The number of fused-ring (bicyclic) bond motifs is 1. The molecule has 0 bridgehead atoms. The molecule has 5 rings (SSSR count). The summed E-state index contributed by atoms with van der Waals surface area (Å²) in [6.07, 6.45) is 3.94. The van der Waals surface area contributed by atoms with Crippen LogP contribution in [0.1, 0.15) is 85.0 Å². The lowest BCUT2D eigenvalue weighted by atomic mass is 9.81. The molecule has 0 aliphatic heterocycles. The van der Waals surface area contributed by atoms with Crippen LogP contribution < -0.4 is 5.32 Å². The predicted molar refractivity (Wildman–Crippen MR) is 144 cm³/mol. The first kappa shape index (κ1) is 27.9. The minimum absolute atomic E-state index is 0.0245. The molecule has 1 unspecified atom stereocenters. The van der Waals surface area contributed by atoms with Gasteiger partial charge in [-0.25, -0.2) is 18.3 Å². The highest BCUT2D eigenvalue weighted by molar-refractivity contribution is 5.92. The number of hydrogen-bond donors (Lipinski definition) is 2. The number of aliphatic hydroxyl groups is 1. The molecule has 1 fully saturated rings. The first-order valence-electron chi connectivity index (χ1n) is 13.6. The highest BCUT2D eigenvalue weighted by atomic mass is 19.3. The van der Waals surface area contributed by atoms with E-state index in [2.05, 4.69) is 15.5 Å². The van der Waals surface area contributed by atoms with Gasteiger partial charge in [-0.2, -0.15) is 10.2 Å². The number of carbonyl (C=O) groups is 1. The molecule has 9 nitrogen and oxygen atoms in total. The summed E-state index contributed by atoms with van der Waals surface area (Å²) >= 11 is 0. The number of carbonyl (C=O) groups excluding carboxylic acids is 1. The average molecular weight is 553 g/mol. The topological polar surface area (TPSA) is 107 Å². The zero-order valence-corrected chi connectivity index (χ0v) is 22.6. The van der Waals surface area contributed by atoms with Crippen molar-refractivity contribution in [3.63, 3.8) is 0 Å². The normalized spacial score (nSPS) is 17.2. The van der Waals surface area contributed by atoms with Gasteiger partial charge < -0.3 is 15.2 Å². The van der Waals surface area contributed by atoms with Gasteiger partial charge in [0, 0.05) is 30.6 Å². The van der Waals surface area contributed by atoms with E-state index >= 15 is 0 Å². The van der Waals surface area contributed by atoms with E-state index in [1.54, 1.807) is 39.9 Å². The Morgan fingerprint density at radius 3 is 2.65 bits per heavy atom. The highest BCUT2D eigenvalue weighted by Crippen LogP contribution is 2.41. The molecule has 1 aromatic carbocycles. The maximum absolute atomic E-state index is 14.0. The van der Waals surface area contributed by atoms with Crippen LogP contribution in [0.25, 0.3) is 5.65 Å². The number of amides is 1. The molecule has 2 atom stereocenters. The van der Waals surface area contributed by atoms with Crippen LogP contribution in [0.4, 0.5) is 8.78 Å². The number of aromatic nitrogens is 5. The van der Waals surface area contributed by atoms with Crippen molar-refractivity contribution in [2.24, 2.45) is 5.92 Å². The van der Waals surface area contributed by atoms with Crippen molar-refractivity contribution in [2.45, 2.75) is 70.2 Å². The fourth-order valence-corrected chi connectivity index (χ4v) is 5.15. The largest absolute Gasteiger partial charge is 0.386 e. The van der Waals surface area contributed by atoms with Gasteiger partial charge in [0.15, 0.2) is 5.65 Å². The zero-order chi connectivity index (χ0) is 28.3. The molecule has 40 heavy (non-hydrogen) atoms. The van der Waals surface area contributed by atoms with Crippen molar-refractivity contribution >= 4 is 11.6 Å². The molecule has 0 radical (unpaired) electrons. The number of hydrogen-bond acceptors (Lipinski definition) is 6. The van der Waals surface area contributed by atoms with E-state index in [1.165, 1.54) is 0 Å². The van der Waals surface area contributed by atoms with Crippen LogP contribution in [0, 0.1) is 5.92 Å². The summed E-state index contributed by atoms with van der Waals surface area (Å²) in [6.45, 7) is 4.31. The molecule has 11 heteroatoms. The molecular weight excluding hydrogens is 518 g/mol. The minimum Gasteiger partial charge on any atom is -0.386 e. The van der Waals surface area contributed by atoms with Crippen LogP contribution in [0.3, 0.4) is 0 Å². The SMILES string of the molecule is CC(C)n1nccc1C(=O)N[C@H](c1cn2ncc(C(O)COCc3ccccc3)cc2n1)C1CCC(F)(F)CC1. The molecule has 2 N–H and O–H groups in total. The molecule has 1 aliphatic carbocycles. The number of nitrogens with one attached hydrogen (secondary N) is 1. The first-order valence-corrected chi connectivity index (χ1v) is 13.6. The van der Waals surface area contributed by atoms with E-state index in [-0.39, 0.29) is 50.2 Å². The number of imidazole rings is 1. The molecule has 0 spiro atoms. The quantitative estimate of drug-likeness (QED) is 0.285. The lowest BCUT2D eigenvalue weighted by molar-refractivity contribution is -0.0495. The molecule has 1 amide bonds. The molecule has 1 saturated carbocycles. The average Bonchev–Trinajstić information content (AvgIpc) is 3.60. The third kappa shape index (κ3) is 6.37. The number of aliphatic hydroxyl groups excluding tert-OH is 1. The molecule has 1 aliphatic rings. The van der Waals surface area contributed by atoms with E-state index in [9.17, 15) is 18.7 Å². The maximum atomic E-state index is 14.0. The Balaban J connectivity index is 1.35. The number of halogens is 2. The lowest BCUT2D eigenvalue weighted by Crippen LogP contribution is -2.38. The van der Waals surface area contributed by atoms with Gasteiger partial charge in [-0.1, -0.05) is 30.3 Å². The molecule has 3 heterocycles.